The van der Waals surface area contributed by atoms with E-state index in [9.17, 15) is 9.59 Å². The number of thiazole rings is 1. The van der Waals surface area contributed by atoms with Gasteiger partial charge in [0.15, 0.2) is 4.96 Å². The van der Waals surface area contributed by atoms with Crippen molar-refractivity contribution in [1.29, 1.82) is 0 Å². The highest BCUT2D eigenvalue weighted by Gasteiger charge is 2.14. The zero-order chi connectivity index (χ0) is 15.7. The van der Waals surface area contributed by atoms with Gasteiger partial charge in [-0.2, -0.15) is 0 Å². The number of nitrogens with zero attached hydrogens (tertiary/aromatic N) is 2. The Morgan fingerprint density at radius 2 is 2.18 bits per heavy atom. The second-order valence-electron chi connectivity index (χ2n) is 5.14. The Kier molecular flexibility index (Phi) is 3.77. The number of aryl methyl sites for hydroxylation is 2. The number of hydrogen-bond donors (Lipinski definition) is 1. The molecule has 0 bridgehead atoms. The first-order chi connectivity index (χ1) is 10.6. The van der Waals surface area contributed by atoms with Crippen LogP contribution in [0.5, 0.6) is 0 Å². The summed E-state index contributed by atoms with van der Waals surface area (Å²) < 4.78 is 1.46. The maximum absolute atomic E-state index is 12.4. The van der Waals surface area contributed by atoms with Crippen LogP contribution < -0.4 is 10.9 Å². The zero-order valence-electron chi connectivity index (χ0n) is 12.3. The van der Waals surface area contributed by atoms with Gasteiger partial charge < -0.3 is 5.32 Å². The molecule has 112 valence electrons. The van der Waals surface area contributed by atoms with Gasteiger partial charge in [0, 0.05) is 23.8 Å². The molecule has 0 aliphatic heterocycles. The molecule has 22 heavy (non-hydrogen) atoms. The zero-order valence-corrected chi connectivity index (χ0v) is 13.1. The van der Waals surface area contributed by atoms with E-state index in [1.165, 1.54) is 21.9 Å². The first kappa shape index (κ1) is 14.5. The molecule has 3 rings (SSSR count). The normalized spacial score (nSPS) is 10.8. The molecule has 0 fully saturated rings. The lowest BCUT2D eigenvalue weighted by Crippen LogP contribution is -2.31. The minimum atomic E-state index is -0.404. The molecule has 0 unspecified atom stereocenters. The first-order valence-corrected chi connectivity index (χ1v) is 7.74. The third kappa shape index (κ3) is 2.65. The predicted molar refractivity (Wildman–Crippen MR) is 86.4 cm³/mol. The van der Waals surface area contributed by atoms with E-state index in [1.807, 2.05) is 43.5 Å². The molecule has 1 amide bonds. The van der Waals surface area contributed by atoms with E-state index in [0.29, 0.717) is 11.5 Å². The van der Waals surface area contributed by atoms with Crippen molar-refractivity contribution in [3.05, 3.63) is 68.6 Å². The lowest BCUT2D eigenvalue weighted by Gasteiger charge is -2.06. The molecule has 0 radical (unpaired) electrons. The number of aromatic nitrogens is 2. The Morgan fingerprint density at radius 3 is 2.95 bits per heavy atom. The van der Waals surface area contributed by atoms with Gasteiger partial charge in [-0.1, -0.05) is 29.8 Å². The fourth-order valence-electron chi connectivity index (χ4n) is 2.28. The Hall–Kier alpha value is -2.47. The van der Waals surface area contributed by atoms with Gasteiger partial charge in [-0.25, -0.2) is 4.98 Å². The van der Waals surface area contributed by atoms with Crippen LogP contribution in [0.15, 0.2) is 40.6 Å². The van der Waals surface area contributed by atoms with Gasteiger partial charge in [0.1, 0.15) is 5.56 Å². The van der Waals surface area contributed by atoms with Gasteiger partial charge in [0.2, 0.25) is 0 Å². The molecule has 2 aromatic heterocycles. The Labute approximate surface area is 131 Å². The minimum Gasteiger partial charge on any atom is -0.348 e. The van der Waals surface area contributed by atoms with Crippen molar-refractivity contribution in [2.45, 2.75) is 20.4 Å². The van der Waals surface area contributed by atoms with Crippen LogP contribution in [0.4, 0.5) is 0 Å². The number of carbonyl (C=O) groups excluding carboxylic acids is 1. The number of rotatable bonds is 3. The van der Waals surface area contributed by atoms with Crippen molar-refractivity contribution in [3.63, 3.8) is 0 Å². The molecule has 0 aliphatic rings. The number of amides is 1. The highest BCUT2D eigenvalue weighted by Crippen LogP contribution is 2.11. The second kappa shape index (κ2) is 5.73. The van der Waals surface area contributed by atoms with Crippen LogP contribution in [0, 0.1) is 13.8 Å². The molecule has 0 spiro atoms. The summed E-state index contributed by atoms with van der Waals surface area (Å²) in [4.78, 5) is 29.4. The van der Waals surface area contributed by atoms with Crippen molar-refractivity contribution in [2.24, 2.45) is 0 Å². The molecular formula is C16H15N3O2S. The van der Waals surface area contributed by atoms with Gasteiger partial charge in [-0.15, -0.1) is 11.3 Å². The van der Waals surface area contributed by atoms with Crippen molar-refractivity contribution in [1.82, 2.24) is 14.7 Å². The van der Waals surface area contributed by atoms with Crippen LogP contribution in [0.2, 0.25) is 0 Å². The molecule has 6 heteroatoms. The molecule has 0 atom stereocenters. The van der Waals surface area contributed by atoms with Crippen LogP contribution in [-0.4, -0.2) is 15.3 Å². The molecule has 2 heterocycles. The predicted octanol–water partition coefficient (Wildman–Crippen LogP) is 2.30. The van der Waals surface area contributed by atoms with Gasteiger partial charge in [0.05, 0.1) is 0 Å². The van der Waals surface area contributed by atoms with Crippen LogP contribution in [0.1, 0.15) is 27.2 Å². The summed E-state index contributed by atoms with van der Waals surface area (Å²) in [6.07, 6.45) is 1.35. The Balaban J connectivity index is 1.85. The third-order valence-corrected chi connectivity index (χ3v) is 4.35. The van der Waals surface area contributed by atoms with Crippen LogP contribution in [0.3, 0.4) is 0 Å². The number of nitrogens with one attached hydrogen (secondary N) is 1. The quantitative estimate of drug-likeness (QED) is 0.807. The number of fused-ring (bicyclic) bond motifs is 1. The van der Waals surface area contributed by atoms with Crippen molar-refractivity contribution < 1.29 is 4.79 Å². The van der Waals surface area contributed by atoms with Gasteiger partial charge in [0.25, 0.3) is 11.5 Å². The summed E-state index contributed by atoms with van der Waals surface area (Å²) in [5, 5.41) is 4.62. The maximum Gasteiger partial charge on any atom is 0.271 e. The third-order valence-electron chi connectivity index (χ3n) is 3.40. The largest absolute Gasteiger partial charge is 0.348 e. The molecule has 0 aliphatic carbocycles. The maximum atomic E-state index is 12.4. The Bertz CT molecular complexity index is 911. The lowest BCUT2D eigenvalue weighted by atomic mass is 10.1. The first-order valence-electron chi connectivity index (χ1n) is 6.86. The summed E-state index contributed by atoms with van der Waals surface area (Å²) >= 11 is 1.38. The molecule has 1 aromatic carbocycles. The SMILES string of the molecule is Cc1cccc(CNC(=O)c2cnc3scc(C)n3c2=O)c1. The summed E-state index contributed by atoms with van der Waals surface area (Å²) in [6.45, 7) is 4.20. The topological polar surface area (TPSA) is 63.5 Å². The number of benzene rings is 1. The summed E-state index contributed by atoms with van der Waals surface area (Å²) in [6, 6.07) is 7.87. The van der Waals surface area contributed by atoms with E-state index in [0.717, 1.165) is 16.8 Å². The van der Waals surface area contributed by atoms with E-state index < -0.39 is 5.91 Å². The molecule has 1 N–H and O–H groups in total. The van der Waals surface area contributed by atoms with Gasteiger partial charge in [-0.3, -0.25) is 14.0 Å². The van der Waals surface area contributed by atoms with Crippen molar-refractivity contribution in [3.8, 4) is 0 Å². The monoisotopic (exact) mass is 313 g/mol. The van der Waals surface area contributed by atoms with Gasteiger partial charge >= 0.3 is 0 Å². The molecular weight excluding hydrogens is 298 g/mol. The number of carbonyl (C=O) groups is 1. The second-order valence-corrected chi connectivity index (χ2v) is 5.98. The highest BCUT2D eigenvalue weighted by molar-refractivity contribution is 7.15. The van der Waals surface area contributed by atoms with E-state index in [2.05, 4.69) is 10.3 Å². The van der Waals surface area contributed by atoms with Crippen molar-refractivity contribution >= 4 is 22.2 Å². The van der Waals surface area contributed by atoms with E-state index in [-0.39, 0.29) is 11.1 Å². The standard InChI is InChI=1S/C16H15N3O2S/c1-10-4-3-5-12(6-10)7-17-14(20)13-8-18-16-19(15(13)21)11(2)9-22-16/h3-6,8-9H,7H2,1-2H3,(H,17,20). The number of hydrogen-bond acceptors (Lipinski definition) is 4. The fourth-order valence-corrected chi connectivity index (χ4v) is 3.11. The van der Waals surface area contributed by atoms with Crippen LogP contribution in [-0.2, 0) is 6.54 Å². The summed E-state index contributed by atoms with van der Waals surface area (Å²) in [7, 11) is 0. The van der Waals surface area contributed by atoms with Crippen LogP contribution in [0.25, 0.3) is 4.96 Å². The van der Waals surface area contributed by atoms with Crippen LogP contribution >= 0.6 is 11.3 Å². The molecule has 0 saturated carbocycles. The van der Waals surface area contributed by atoms with E-state index >= 15 is 0 Å². The Morgan fingerprint density at radius 1 is 1.36 bits per heavy atom. The van der Waals surface area contributed by atoms with Crippen molar-refractivity contribution in [2.75, 3.05) is 0 Å². The summed E-state index contributed by atoms with van der Waals surface area (Å²) in [5.74, 6) is -0.404. The summed E-state index contributed by atoms with van der Waals surface area (Å²) in [5.41, 5.74) is 2.64. The van der Waals surface area contributed by atoms with Gasteiger partial charge in [-0.05, 0) is 19.4 Å². The fraction of sp³-hybridized carbons (Fsp3) is 0.188. The van der Waals surface area contributed by atoms with E-state index in [1.54, 1.807) is 0 Å². The molecule has 3 aromatic rings. The minimum absolute atomic E-state index is 0.0617. The molecule has 5 nitrogen and oxygen atoms in total. The molecule has 0 saturated heterocycles. The average Bonchev–Trinajstić information content (AvgIpc) is 2.87. The van der Waals surface area contributed by atoms with E-state index in [4.69, 9.17) is 0 Å². The lowest BCUT2D eigenvalue weighted by molar-refractivity contribution is 0.0949. The average molecular weight is 313 g/mol. The highest BCUT2D eigenvalue weighted by atomic mass is 32.1. The smallest absolute Gasteiger partial charge is 0.271 e.